The summed E-state index contributed by atoms with van der Waals surface area (Å²) in [4.78, 5) is 98.3. The molecule has 0 spiro atoms. The van der Waals surface area contributed by atoms with Crippen molar-refractivity contribution >= 4 is 75.1 Å². The number of nitrogens with two attached hydrogens (primary N) is 1. The van der Waals surface area contributed by atoms with E-state index in [4.69, 9.17) is 24.6 Å². The van der Waals surface area contributed by atoms with E-state index in [1.54, 1.807) is 0 Å². The fourth-order valence-electron chi connectivity index (χ4n) is 5.30. The van der Waals surface area contributed by atoms with Crippen molar-refractivity contribution in [3.63, 3.8) is 0 Å². The van der Waals surface area contributed by atoms with Gasteiger partial charge in [-0.2, -0.15) is 4.31 Å². The van der Waals surface area contributed by atoms with E-state index in [9.17, 15) is 62.7 Å². The molecule has 0 bridgehead atoms. The number of carboxylic acid groups (broad SMARTS) is 1. The average molecular weight is 974 g/mol. The molecule has 11 N–H and O–H groups in total. The van der Waals surface area contributed by atoms with E-state index >= 15 is 0 Å². The Morgan fingerprint density at radius 2 is 1.63 bits per heavy atom. The van der Waals surface area contributed by atoms with Crippen LogP contribution >= 0.6 is 35.2 Å². The number of thioether (sulfide) groups is 1. The third-order valence-electron chi connectivity index (χ3n) is 8.42. The fraction of sp³-hybridized carbons (Fsp3) is 0.545. The van der Waals surface area contributed by atoms with Crippen molar-refractivity contribution in [1.82, 2.24) is 30.2 Å². The van der Waals surface area contributed by atoms with Crippen molar-refractivity contribution in [2.75, 3.05) is 37.8 Å². The lowest BCUT2D eigenvalue weighted by molar-refractivity contribution is -0.137. The van der Waals surface area contributed by atoms with Crippen LogP contribution in [0, 0.1) is 5.41 Å². The molecule has 7 atom stereocenters. The number of hydrogen-bond donors (Lipinski definition) is 10. The molecule has 352 valence electrons. The van der Waals surface area contributed by atoms with Crippen molar-refractivity contribution in [2.45, 2.75) is 76.6 Å². The lowest BCUT2D eigenvalue weighted by atomic mass is 9.87. The maximum atomic E-state index is 12.7. The number of aromatic nitrogens is 4. The van der Waals surface area contributed by atoms with Gasteiger partial charge in [-0.1, -0.05) is 56.0 Å². The van der Waals surface area contributed by atoms with Gasteiger partial charge >= 0.3 is 29.4 Å². The minimum Gasteiger partial charge on any atom is -0.478 e. The smallest absolute Gasteiger partial charge is 0.478 e. The summed E-state index contributed by atoms with van der Waals surface area (Å²) in [7, 11) is -16.4. The third-order valence-corrected chi connectivity index (χ3v) is 12.5. The van der Waals surface area contributed by atoms with Crippen LogP contribution in [-0.2, 0) is 55.5 Å². The number of aliphatic carboxylic acids is 1. The van der Waals surface area contributed by atoms with Gasteiger partial charge in [-0.3, -0.25) is 32.5 Å². The molecular weight excluding hydrogens is 923 g/mol. The Morgan fingerprint density at radius 1 is 0.968 bits per heavy atom. The van der Waals surface area contributed by atoms with Gasteiger partial charge in [-0.25, -0.2) is 33.4 Å². The number of phosphoric ester groups is 3. The predicted molar refractivity (Wildman–Crippen MR) is 221 cm³/mol. The molecule has 1 aliphatic heterocycles. The van der Waals surface area contributed by atoms with Crippen LogP contribution in [0.4, 0.5) is 5.82 Å². The monoisotopic (exact) mass is 973 g/mol. The second kappa shape index (κ2) is 24.5. The Hall–Kier alpha value is -3.75. The molecule has 0 aromatic carbocycles. The maximum absolute atomic E-state index is 12.7. The highest BCUT2D eigenvalue weighted by atomic mass is 32.2. The Kier molecular flexibility index (Phi) is 20.9. The molecule has 0 saturated carbocycles. The number of aliphatic hydroxyl groups excluding tert-OH is 2. The quantitative estimate of drug-likeness (QED) is 0.0258. The fourth-order valence-corrected chi connectivity index (χ4v) is 8.82. The molecule has 63 heavy (non-hydrogen) atoms. The van der Waals surface area contributed by atoms with E-state index in [2.05, 4.69) is 34.4 Å². The van der Waals surface area contributed by atoms with Crippen LogP contribution in [0.15, 0.2) is 49.1 Å². The molecule has 0 radical (unpaired) electrons. The van der Waals surface area contributed by atoms with Crippen LogP contribution in [0.3, 0.4) is 0 Å². The number of anilines is 1. The highest BCUT2D eigenvalue weighted by Crippen LogP contribution is 2.61. The number of fused-ring (bicyclic) bond motifs is 1. The van der Waals surface area contributed by atoms with E-state index in [0.29, 0.717) is 31.4 Å². The number of phosphoric acid groups is 3. The van der Waals surface area contributed by atoms with Crippen LogP contribution in [0.25, 0.3) is 11.2 Å². The topological polar surface area (TPSA) is 401 Å². The van der Waals surface area contributed by atoms with Crippen molar-refractivity contribution in [2.24, 2.45) is 5.41 Å². The summed E-state index contributed by atoms with van der Waals surface area (Å²) in [6.45, 7) is 0.382. The van der Waals surface area contributed by atoms with Crippen molar-refractivity contribution in [1.29, 1.82) is 0 Å². The Morgan fingerprint density at radius 3 is 2.32 bits per heavy atom. The predicted octanol–water partition coefficient (Wildman–Crippen LogP) is 0.978. The summed E-state index contributed by atoms with van der Waals surface area (Å²) in [6, 6.07) is 0. The van der Waals surface area contributed by atoms with Gasteiger partial charge in [0.25, 0.3) is 0 Å². The zero-order valence-corrected chi connectivity index (χ0v) is 37.2. The molecule has 1 saturated heterocycles. The second-order valence-corrected chi connectivity index (χ2v) is 19.4. The van der Waals surface area contributed by atoms with Gasteiger partial charge in [0.15, 0.2) is 22.8 Å². The lowest BCUT2D eigenvalue weighted by Crippen LogP contribution is -2.46. The summed E-state index contributed by atoms with van der Waals surface area (Å²) >= 11 is 1.05. The summed E-state index contributed by atoms with van der Waals surface area (Å²) in [5.74, 6) is -2.21. The molecular formula is C33H50N7O19P3S. The molecule has 26 nitrogen and oxygen atoms in total. The molecule has 2 aromatic rings. The Balaban J connectivity index is 1.38. The molecule has 30 heteroatoms. The molecule has 3 rings (SSSR count). The average Bonchev–Trinajstić information content (AvgIpc) is 3.75. The van der Waals surface area contributed by atoms with E-state index in [0.717, 1.165) is 35.1 Å². The molecule has 2 amide bonds. The number of nitrogens with zero attached hydrogens (tertiary/aromatic N) is 4. The van der Waals surface area contributed by atoms with E-state index in [-0.39, 0.29) is 41.6 Å². The highest BCUT2D eigenvalue weighted by molar-refractivity contribution is 8.13. The first-order chi connectivity index (χ1) is 29.4. The van der Waals surface area contributed by atoms with Gasteiger partial charge in [0, 0.05) is 43.2 Å². The van der Waals surface area contributed by atoms with Crippen LogP contribution < -0.4 is 16.4 Å². The summed E-state index contributed by atoms with van der Waals surface area (Å²) in [5.41, 5.74) is 4.23. The normalized spacial score (nSPS) is 20.9. The van der Waals surface area contributed by atoms with E-state index in [1.807, 2.05) is 24.3 Å². The first-order valence-corrected chi connectivity index (χ1v) is 24.2. The molecule has 1 fully saturated rings. The van der Waals surface area contributed by atoms with Crippen LogP contribution in [-0.4, -0.2) is 134 Å². The number of carbonyl (C=O) groups is 4. The zero-order valence-electron chi connectivity index (χ0n) is 33.7. The minimum absolute atomic E-state index is 0.0227. The number of ether oxygens (including phenoxy) is 1. The first kappa shape index (κ1) is 53.6. The van der Waals surface area contributed by atoms with Gasteiger partial charge in [0.2, 0.25) is 11.8 Å². The number of rotatable bonds is 27. The number of nitrogen functional groups attached to an aromatic ring is 1. The highest BCUT2D eigenvalue weighted by Gasteiger charge is 2.50. The largest absolute Gasteiger partial charge is 0.481 e. The van der Waals surface area contributed by atoms with Crippen molar-refractivity contribution in [3.05, 3.63) is 49.1 Å². The molecule has 1 aliphatic rings. The SMILES string of the molecule is CC(C)(COP(=O)(O)OP(=O)(O)OCC1OC(n2cnc3c(N)ncnc32)C(O)C1OP(=O)(O)O)C(O)C(=O)NCCC(=O)NCCSC(=O)CC/C=C/C/C=C/C/C=C/C(=O)O. The molecule has 2 aromatic heterocycles. The zero-order chi connectivity index (χ0) is 47.0. The van der Waals surface area contributed by atoms with Crippen LogP contribution in [0.5, 0.6) is 0 Å². The van der Waals surface area contributed by atoms with Crippen LogP contribution in [0.2, 0.25) is 0 Å². The number of aliphatic hydroxyl groups is 2. The van der Waals surface area contributed by atoms with E-state index in [1.165, 1.54) is 19.9 Å². The van der Waals surface area contributed by atoms with Crippen LogP contribution in [0.1, 0.15) is 52.2 Å². The molecule has 7 unspecified atom stereocenters. The summed E-state index contributed by atoms with van der Waals surface area (Å²) in [5, 5.41) is 34.9. The standard InChI is InChI=1S/C33H50N7O19P3S/c1-33(2,28(46)31(47)36-14-13-22(41)35-15-16-63-24(44)12-10-8-6-4-3-5-7-9-11-23(42)43)18-56-62(53,54)59-61(51,52)55-17-21-27(58-60(48,49)50)26(45)32(57-21)40-20-39-25-29(34)37-19-38-30(25)40/h3,5-6,8-9,11,19-21,26-28,32,45-46H,4,7,10,12-18H2,1-2H3,(H,35,41)(H,36,47)(H,42,43)(H,51,52)(H,53,54)(H2,34,37,38)(H2,48,49,50)/b5-3+,8-6+,11-9+. The van der Waals surface area contributed by atoms with Gasteiger partial charge in [-0.15, -0.1) is 0 Å². The Labute approximate surface area is 363 Å². The van der Waals surface area contributed by atoms with Crippen molar-refractivity contribution in [3.8, 4) is 0 Å². The maximum Gasteiger partial charge on any atom is 0.481 e. The number of hydrogen-bond acceptors (Lipinski definition) is 19. The Bertz CT molecular complexity index is 2130. The van der Waals surface area contributed by atoms with Crippen molar-refractivity contribution < 1.29 is 90.4 Å². The first-order valence-electron chi connectivity index (χ1n) is 18.7. The number of imidazole rings is 1. The van der Waals surface area contributed by atoms with Gasteiger partial charge in [-0.05, 0) is 19.3 Å². The number of allylic oxidation sites excluding steroid dienone is 5. The van der Waals surface area contributed by atoms with Gasteiger partial charge in [0.05, 0.1) is 19.5 Å². The minimum atomic E-state index is -5.59. The van der Waals surface area contributed by atoms with E-state index < -0.39 is 90.5 Å². The number of carbonyl (C=O) groups excluding carboxylic acids is 3. The third kappa shape index (κ3) is 18.7. The number of nitrogens with one attached hydrogen (secondary N) is 2. The second-order valence-electron chi connectivity index (χ2n) is 14.0. The van der Waals surface area contributed by atoms with Gasteiger partial charge in [0.1, 0.15) is 36.3 Å². The summed E-state index contributed by atoms with van der Waals surface area (Å²) in [6.07, 6.45) is 4.97. The van der Waals surface area contributed by atoms with Gasteiger partial charge < -0.3 is 56.0 Å². The number of amides is 2. The lowest BCUT2D eigenvalue weighted by Gasteiger charge is -2.30. The summed E-state index contributed by atoms with van der Waals surface area (Å²) < 4.78 is 62.2. The molecule has 3 heterocycles. The number of carboxylic acids is 1. The molecule has 0 aliphatic carbocycles.